The van der Waals surface area contributed by atoms with E-state index < -0.39 is 0 Å². The van der Waals surface area contributed by atoms with E-state index in [4.69, 9.17) is 6.42 Å². The number of piperazine rings is 1. The molecule has 12 heavy (non-hydrogen) atoms. The quantitative estimate of drug-likeness (QED) is 0.343. The molecule has 1 rings (SSSR count). The van der Waals surface area contributed by atoms with E-state index in [2.05, 4.69) is 33.3 Å². The lowest BCUT2D eigenvalue weighted by molar-refractivity contribution is 0.0672. The van der Waals surface area contributed by atoms with Crippen molar-refractivity contribution >= 4 is 0 Å². The lowest BCUT2D eigenvalue weighted by Crippen LogP contribution is -2.47. The summed E-state index contributed by atoms with van der Waals surface area (Å²) in [6.45, 7) is 5.06. The second kappa shape index (κ2) is 4.99. The Morgan fingerprint density at radius 2 is 2.08 bits per heavy atom. The minimum Gasteiger partial charge on any atom is -0.355 e. The summed E-state index contributed by atoms with van der Waals surface area (Å²) >= 11 is 0. The Labute approximate surface area is 73.4 Å². The molecule has 0 aromatic carbocycles. The van der Waals surface area contributed by atoms with Gasteiger partial charge in [-0.15, -0.1) is 5.48 Å². The third-order valence-electron chi connectivity index (χ3n) is 2.02. The number of terminal acetylenes is 1. The molecule has 0 amide bonds. The lowest BCUT2D eigenvalue weighted by atomic mass is 10.3. The molecule has 0 radical (unpaired) electrons. The molecule has 1 heterocycles. The van der Waals surface area contributed by atoms with Crippen LogP contribution in [0.5, 0.6) is 0 Å². The maximum absolute atomic E-state index is 4.90. The Hall–Kier alpha value is -0.760. The molecule has 0 saturated carbocycles. The van der Waals surface area contributed by atoms with Crippen molar-refractivity contribution in [2.45, 2.75) is 0 Å². The van der Waals surface area contributed by atoms with Crippen LogP contribution in [0.1, 0.15) is 0 Å². The molecule has 0 aromatic rings. The summed E-state index contributed by atoms with van der Waals surface area (Å²) in [5.41, 5.74) is 2.69. The van der Waals surface area contributed by atoms with Crippen LogP contribution >= 0.6 is 0 Å². The van der Waals surface area contributed by atoms with Gasteiger partial charge in [-0.05, 0) is 7.05 Å². The van der Waals surface area contributed by atoms with Crippen molar-refractivity contribution in [1.29, 1.82) is 0 Å². The zero-order chi connectivity index (χ0) is 8.81. The molecule has 1 N–H and O–H groups in total. The summed E-state index contributed by atoms with van der Waals surface area (Å²) in [7, 11) is 2.13. The van der Waals surface area contributed by atoms with E-state index in [1.54, 1.807) is 0 Å². The van der Waals surface area contributed by atoms with Gasteiger partial charge in [0.25, 0.3) is 0 Å². The molecular weight excluding hydrogens is 154 g/mol. The number of hydrogen-bond acceptors (Lipinski definition) is 4. The molecule has 0 aromatic heterocycles. The second-order valence-electron chi connectivity index (χ2n) is 2.94. The van der Waals surface area contributed by atoms with Gasteiger partial charge in [-0.3, -0.25) is 4.90 Å². The van der Waals surface area contributed by atoms with Gasteiger partial charge in [0, 0.05) is 26.2 Å². The molecule has 0 aliphatic carbocycles. The Balaban J connectivity index is 2.06. The summed E-state index contributed by atoms with van der Waals surface area (Å²) in [4.78, 5) is 9.15. The number of nitrogens with zero attached hydrogens (tertiary/aromatic N) is 2. The van der Waals surface area contributed by atoms with Crippen LogP contribution in [0.3, 0.4) is 0 Å². The first-order chi connectivity index (χ1) is 5.83. The zero-order valence-electron chi connectivity index (χ0n) is 7.42. The Morgan fingerprint density at radius 1 is 1.42 bits per heavy atom. The molecule has 4 heteroatoms. The third-order valence-corrected chi connectivity index (χ3v) is 2.02. The van der Waals surface area contributed by atoms with Gasteiger partial charge in [-0.1, -0.05) is 6.42 Å². The molecule has 1 saturated heterocycles. The van der Waals surface area contributed by atoms with Crippen LogP contribution in [0, 0.1) is 12.5 Å². The van der Waals surface area contributed by atoms with Crippen molar-refractivity contribution in [3.63, 3.8) is 0 Å². The molecule has 4 nitrogen and oxygen atoms in total. The molecule has 0 unspecified atom stereocenters. The Kier molecular flexibility index (Phi) is 3.88. The predicted octanol–water partition coefficient (Wildman–Crippen LogP) is -0.697. The maximum atomic E-state index is 4.90. The van der Waals surface area contributed by atoms with Crippen molar-refractivity contribution < 1.29 is 4.84 Å². The largest absolute Gasteiger partial charge is 0.355 e. The summed E-state index contributed by atoms with van der Waals surface area (Å²) in [6, 6.07) is 0. The van der Waals surface area contributed by atoms with Crippen molar-refractivity contribution in [1.82, 2.24) is 15.3 Å². The molecule has 1 aliphatic heterocycles. The van der Waals surface area contributed by atoms with E-state index in [1.807, 2.05) is 0 Å². The molecule has 0 spiro atoms. The van der Waals surface area contributed by atoms with E-state index >= 15 is 0 Å². The fourth-order valence-corrected chi connectivity index (χ4v) is 1.17. The van der Waals surface area contributed by atoms with E-state index in [9.17, 15) is 0 Å². The van der Waals surface area contributed by atoms with Crippen LogP contribution in [0.15, 0.2) is 0 Å². The van der Waals surface area contributed by atoms with Gasteiger partial charge in [-0.25, -0.2) is 0 Å². The monoisotopic (exact) mass is 169 g/mol. The van der Waals surface area contributed by atoms with E-state index in [1.165, 1.54) is 0 Å². The average molecular weight is 169 g/mol. The number of hydrogen-bond donors (Lipinski definition) is 1. The average Bonchev–Trinajstić information content (AvgIpc) is 2.09. The highest BCUT2D eigenvalue weighted by atomic mass is 16.6. The number of rotatable bonds is 3. The second-order valence-corrected chi connectivity index (χ2v) is 2.94. The first-order valence-corrected chi connectivity index (χ1v) is 4.08. The fourth-order valence-electron chi connectivity index (χ4n) is 1.17. The molecular formula is C8H15N3O. The summed E-state index contributed by atoms with van der Waals surface area (Å²) < 4.78 is 0. The normalized spacial score (nSPS) is 20.3. The number of likely N-dealkylation sites (N-methyl/N-ethyl adjacent to an activating group) is 1. The van der Waals surface area contributed by atoms with Crippen LogP contribution in [0.25, 0.3) is 0 Å². The zero-order valence-corrected chi connectivity index (χ0v) is 7.42. The number of nitrogens with one attached hydrogen (secondary N) is 1. The van der Waals surface area contributed by atoms with Crippen LogP contribution in [-0.2, 0) is 4.84 Å². The minimum atomic E-state index is 0.706. The molecule has 1 aliphatic rings. The van der Waals surface area contributed by atoms with Gasteiger partial charge in [0.15, 0.2) is 0 Å². The molecule has 0 bridgehead atoms. The van der Waals surface area contributed by atoms with Gasteiger partial charge in [0.05, 0.1) is 6.67 Å². The first kappa shape index (κ1) is 9.33. The first-order valence-electron chi connectivity index (χ1n) is 4.08. The van der Waals surface area contributed by atoms with E-state index in [0.29, 0.717) is 6.67 Å². The molecule has 1 fully saturated rings. The Morgan fingerprint density at radius 3 is 2.67 bits per heavy atom. The van der Waals surface area contributed by atoms with Gasteiger partial charge in [0.2, 0.25) is 0 Å². The summed E-state index contributed by atoms with van der Waals surface area (Å²) in [5, 5.41) is 0. The van der Waals surface area contributed by atoms with Crippen molar-refractivity contribution in [3.8, 4) is 12.5 Å². The predicted molar refractivity (Wildman–Crippen MR) is 47.0 cm³/mol. The lowest BCUT2D eigenvalue weighted by Gasteiger charge is -2.31. The van der Waals surface area contributed by atoms with Crippen LogP contribution in [0.4, 0.5) is 0 Å². The third kappa shape index (κ3) is 3.09. The van der Waals surface area contributed by atoms with E-state index in [-0.39, 0.29) is 0 Å². The maximum Gasteiger partial charge on any atom is 0.134 e. The van der Waals surface area contributed by atoms with Gasteiger partial charge < -0.3 is 9.74 Å². The van der Waals surface area contributed by atoms with Gasteiger partial charge >= 0.3 is 0 Å². The van der Waals surface area contributed by atoms with Crippen molar-refractivity contribution in [2.24, 2.45) is 0 Å². The highest BCUT2D eigenvalue weighted by Gasteiger charge is 2.12. The topological polar surface area (TPSA) is 27.7 Å². The highest BCUT2D eigenvalue weighted by Crippen LogP contribution is 1.96. The van der Waals surface area contributed by atoms with Crippen LogP contribution in [-0.4, -0.2) is 49.7 Å². The Bertz CT molecular complexity index is 158. The van der Waals surface area contributed by atoms with Crippen LogP contribution < -0.4 is 5.48 Å². The number of hydroxylamine groups is 1. The molecule has 68 valence electrons. The fraction of sp³-hybridized carbons (Fsp3) is 0.750. The SMILES string of the molecule is C#CONCN1CCN(C)CC1. The van der Waals surface area contributed by atoms with Crippen LogP contribution in [0.2, 0.25) is 0 Å². The van der Waals surface area contributed by atoms with Gasteiger partial charge in [0.1, 0.15) is 6.11 Å². The smallest absolute Gasteiger partial charge is 0.134 e. The summed E-state index contributed by atoms with van der Waals surface area (Å²) in [5.74, 6) is 0. The minimum absolute atomic E-state index is 0.706. The highest BCUT2D eigenvalue weighted by molar-refractivity contribution is 4.69. The van der Waals surface area contributed by atoms with Crippen molar-refractivity contribution in [3.05, 3.63) is 0 Å². The standard InChI is InChI=1S/C8H15N3O/c1-3-12-9-8-11-6-4-10(2)5-7-11/h1,9H,4-8H2,2H3. The van der Waals surface area contributed by atoms with Gasteiger partial charge in [-0.2, -0.15) is 0 Å². The molecule has 0 atom stereocenters. The van der Waals surface area contributed by atoms with E-state index in [0.717, 1.165) is 26.2 Å². The van der Waals surface area contributed by atoms with Crippen molar-refractivity contribution in [2.75, 3.05) is 39.9 Å². The summed E-state index contributed by atoms with van der Waals surface area (Å²) in [6.07, 6.45) is 6.97.